The molecule has 0 aliphatic carbocycles. The van der Waals surface area contributed by atoms with Gasteiger partial charge in [0.1, 0.15) is 5.84 Å². The van der Waals surface area contributed by atoms with E-state index in [-0.39, 0.29) is 27.6 Å². The Morgan fingerprint density at radius 1 is 0.375 bits per heavy atom. The van der Waals surface area contributed by atoms with Gasteiger partial charge in [-0.3, -0.25) is 5.41 Å². The summed E-state index contributed by atoms with van der Waals surface area (Å²) in [5.74, 6) is 2.92. The number of aliphatic imine (C=N–C) groups is 1. The molecule has 3 aliphatic rings. The molecule has 16 nitrogen and oxygen atoms in total. The first-order valence-electron chi connectivity index (χ1n) is 23.2. The smallest absolute Gasteiger partial charge is 0.0927 e. The van der Waals surface area contributed by atoms with Crippen LogP contribution < -0.4 is 15.7 Å². The third kappa shape index (κ3) is 16.1. The van der Waals surface area contributed by atoms with Gasteiger partial charge in [0, 0.05) is 106 Å². The monoisotopic (exact) mass is 1050 g/mol. The second-order valence-corrected chi connectivity index (χ2v) is 12.1. The number of nitrogens with two attached hydrogens (primary N) is 1. The molecule has 11 rings (SSSR count). The molecule has 6 heterocycles. The van der Waals surface area contributed by atoms with Gasteiger partial charge in [0.25, 0.3) is 0 Å². The molecule has 3 aliphatic heterocycles. The van der Waals surface area contributed by atoms with E-state index in [0.717, 1.165) is 104 Å². The topological polar surface area (TPSA) is 266 Å². The average Bonchev–Trinajstić information content (AvgIpc) is 4.28. The Morgan fingerprint density at radius 3 is 0.819 bits per heavy atom. The summed E-state index contributed by atoms with van der Waals surface area (Å²) in [6, 6.07) is 39.3. The van der Waals surface area contributed by atoms with Crippen LogP contribution >= 0.6 is 0 Å². The van der Waals surface area contributed by atoms with Crippen molar-refractivity contribution < 1.29 is 65.9 Å². The number of aliphatic hydroxyl groups is 4. The van der Waals surface area contributed by atoms with Gasteiger partial charge in [0.2, 0.25) is 0 Å². The Balaban J connectivity index is 0. The van der Waals surface area contributed by atoms with E-state index in [9.17, 15) is 0 Å². The van der Waals surface area contributed by atoms with Crippen molar-refractivity contribution in [1.29, 1.82) is 5.41 Å². The number of hydrogen-bond acceptors (Lipinski definition) is 13. The fourth-order valence-corrected chi connectivity index (χ4v) is 6.61. The second-order valence-electron chi connectivity index (χ2n) is 12.1. The van der Waals surface area contributed by atoms with E-state index in [1.54, 1.807) is 0 Å². The van der Waals surface area contributed by atoms with Gasteiger partial charge in [0.15, 0.2) is 5.84 Å². The molecule has 0 saturated carbocycles. The minimum absolute atomic E-state index is 0. The number of aliphatic hydroxyl groups excluding tert-OH is 4. The molecule has 18 heteroatoms. The fourth-order valence-electron chi connectivity index (χ4n) is 6.61. The Morgan fingerprint density at radius 2 is 0.583 bits per heavy atom. The maximum atomic E-state index is 8.25. The molecule has 3 aromatic heterocycles. The standard InChI is InChI=1S/C32H16N8.C8H7N3.5C2H6.4CH4O.O.2Ti/c1-2-10-18-17(9-1)25-33-26(18)38-28-21-13-5-6-14-22(21)30(35-28)40-32-24-16-8-7-15-23(24)31(36-32)39-29-20-12-4-3-11-19(20)27(34-29)37-25;9-7-5-3-1-2-4-6(5)8(10)11-7;9*1-2;;;/h1-16H;1-4H,(H3,9,10,11);5*1-2H3;4*2H,1H3;;;/q-2;;;;;;;;;;;;;+2. The van der Waals surface area contributed by atoms with Gasteiger partial charge in [-0.1, -0.05) is 191 Å². The van der Waals surface area contributed by atoms with Gasteiger partial charge in [-0.2, -0.15) is 0 Å². The summed E-state index contributed by atoms with van der Waals surface area (Å²) in [6.07, 6.45) is 0. The van der Waals surface area contributed by atoms with E-state index in [2.05, 4.69) is 4.99 Å². The van der Waals surface area contributed by atoms with E-state index in [1.807, 2.05) is 191 Å². The van der Waals surface area contributed by atoms with Crippen molar-refractivity contribution >= 4 is 55.8 Å². The van der Waals surface area contributed by atoms with Crippen LogP contribution in [0.3, 0.4) is 0 Å². The number of benzene rings is 5. The van der Waals surface area contributed by atoms with Gasteiger partial charge >= 0.3 is 23.7 Å². The largest absolute Gasteiger partial charge is 0.357 e. The quantitative estimate of drug-likeness (QED) is 0.0772. The summed E-state index contributed by atoms with van der Waals surface area (Å²) in [7, 11) is 4.00. The number of hydrogen-bond donors (Lipinski definition) is 6. The van der Waals surface area contributed by atoms with E-state index in [0.29, 0.717) is 51.7 Å². The second kappa shape index (κ2) is 38.4. The van der Waals surface area contributed by atoms with Crippen molar-refractivity contribution in [2.45, 2.75) is 69.2 Å². The molecular formula is C54H69N11O5Ti2. The number of nitrogens with zero attached hydrogens (tertiary/aromatic N) is 9. The van der Waals surface area contributed by atoms with Crippen LogP contribution in [0.5, 0.6) is 0 Å². The van der Waals surface area contributed by atoms with Crippen LogP contribution in [-0.4, -0.2) is 90.4 Å². The summed E-state index contributed by atoms with van der Waals surface area (Å²) in [4.78, 5) is 43.1. The van der Waals surface area contributed by atoms with E-state index in [4.69, 9.17) is 74.8 Å². The van der Waals surface area contributed by atoms with E-state index >= 15 is 0 Å². The normalized spacial score (nSPS) is 9.72. The van der Waals surface area contributed by atoms with Crippen LogP contribution in [0.1, 0.15) is 80.4 Å². The van der Waals surface area contributed by atoms with Crippen LogP contribution in [0.25, 0.3) is 89.7 Å². The zero-order valence-corrected chi connectivity index (χ0v) is 47.0. The van der Waals surface area contributed by atoms with Gasteiger partial charge in [0.05, 0.1) is 23.3 Å². The molecular weight excluding hydrogens is 978 g/mol. The number of rotatable bonds is 0. The van der Waals surface area contributed by atoms with Crippen molar-refractivity contribution in [3.05, 3.63) is 132 Å². The van der Waals surface area contributed by atoms with Crippen LogP contribution in [0, 0.1) is 5.41 Å². The molecule has 0 fully saturated rings. The first-order chi connectivity index (χ1) is 35.1. The van der Waals surface area contributed by atoms with Crippen molar-refractivity contribution in [1.82, 2.24) is 39.9 Å². The minimum atomic E-state index is 0. The van der Waals surface area contributed by atoms with Crippen LogP contribution in [0.4, 0.5) is 0 Å². The van der Waals surface area contributed by atoms with Crippen LogP contribution in [0.2, 0.25) is 0 Å². The minimum Gasteiger partial charge on any atom is -0.357 e. The van der Waals surface area contributed by atoms with Crippen LogP contribution in [-0.2, 0) is 45.4 Å². The Kier molecular flexibility index (Phi) is 36.1. The van der Waals surface area contributed by atoms with Gasteiger partial charge < -0.3 is 56.1 Å². The zero-order chi connectivity index (χ0) is 54.1. The predicted octanol–water partition coefficient (Wildman–Crippen LogP) is 10.3. The molecule has 5 aromatic carbocycles. The summed E-state index contributed by atoms with van der Waals surface area (Å²) >= 11 is 0.750. The molecule has 8 bridgehead atoms. The molecule has 0 unspecified atom stereocenters. The van der Waals surface area contributed by atoms with Gasteiger partial charge in [-0.15, -0.1) is 0 Å². The number of fused-ring (bicyclic) bond motifs is 21. The Hall–Kier alpha value is -6.33. The molecule has 0 amide bonds. The molecule has 0 radical (unpaired) electrons. The maximum absolute atomic E-state index is 8.25. The molecule has 8 aromatic rings. The zero-order valence-electron chi connectivity index (χ0n) is 43.8. The van der Waals surface area contributed by atoms with Crippen molar-refractivity contribution in [2.24, 2.45) is 10.7 Å². The molecule has 0 atom stereocenters. The van der Waals surface area contributed by atoms with Gasteiger partial charge in [-0.05, 0) is 21.5 Å². The van der Waals surface area contributed by atoms with Crippen molar-refractivity contribution in [3.63, 3.8) is 0 Å². The van der Waals surface area contributed by atoms with Gasteiger partial charge in [-0.25, -0.2) is 15.0 Å². The first kappa shape index (κ1) is 67.7. The van der Waals surface area contributed by atoms with Crippen LogP contribution in [0.15, 0.2) is 126 Å². The first-order valence-corrected chi connectivity index (χ1v) is 23.8. The third-order valence-electron chi connectivity index (χ3n) is 9.02. The molecule has 0 spiro atoms. The Labute approximate surface area is 450 Å². The SMILES string of the molecule is CC.CC.CC.CC.CC.CO.CO.CO.CO.N=C1N=C(N)c2ccccc21.[O]=[Ti+2].[Ti].c1ccc2c(c1)-c1nc-2nc2[n-]c(nc3nc(nc4[n-]c(n1)c1ccccc41)-c1ccccc1-3)c1ccccc21. The number of nitrogens with one attached hydrogen (secondary N) is 1. The number of aromatic nitrogens is 8. The average molecular weight is 1050 g/mol. The fraction of sp³-hybridized carbons (Fsp3) is 0.259. The molecule has 0 saturated heterocycles. The predicted molar refractivity (Wildman–Crippen MR) is 288 cm³/mol. The summed E-state index contributed by atoms with van der Waals surface area (Å²) < 4.78 is 8.25. The van der Waals surface area contributed by atoms with Crippen molar-refractivity contribution in [3.8, 4) is 45.6 Å². The summed E-state index contributed by atoms with van der Waals surface area (Å²) in [6.45, 7) is 20.0. The Bertz CT molecular complexity index is 2710. The van der Waals surface area contributed by atoms with E-state index < -0.39 is 0 Å². The number of amidine groups is 2. The third-order valence-corrected chi connectivity index (χ3v) is 9.02. The molecule has 378 valence electrons. The molecule has 7 N–H and O–H groups in total. The van der Waals surface area contributed by atoms with E-state index in [1.165, 1.54) is 0 Å². The van der Waals surface area contributed by atoms with Crippen molar-refractivity contribution in [2.75, 3.05) is 28.4 Å². The summed E-state index contributed by atoms with van der Waals surface area (Å²) in [5, 5.41) is 39.0. The summed E-state index contributed by atoms with van der Waals surface area (Å²) in [5.41, 5.74) is 13.0. The molecule has 72 heavy (non-hydrogen) atoms. The maximum Gasteiger partial charge on any atom is 0.0927 e.